The molecule has 1 saturated carbocycles. The highest BCUT2D eigenvalue weighted by atomic mass is 32.2. The molecule has 3 heteroatoms. The maximum absolute atomic E-state index is 4.71. The van der Waals surface area contributed by atoms with E-state index in [4.69, 9.17) is 4.99 Å². The van der Waals surface area contributed by atoms with E-state index in [1.807, 2.05) is 11.8 Å². The lowest BCUT2D eigenvalue weighted by Gasteiger charge is -2.05. The van der Waals surface area contributed by atoms with Crippen LogP contribution in [0.5, 0.6) is 0 Å². The van der Waals surface area contributed by atoms with Gasteiger partial charge in [0.2, 0.25) is 0 Å². The zero-order chi connectivity index (χ0) is 9.47. The van der Waals surface area contributed by atoms with Gasteiger partial charge in [-0.2, -0.15) is 0 Å². The summed E-state index contributed by atoms with van der Waals surface area (Å²) in [6.45, 7) is 6.81. The van der Waals surface area contributed by atoms with E-state index < -0.39 is 0 Å². The monoisotopic (exact) mass is 198 g/mol. The molecular formula is C10H18N2S. The van der Waals surface area contributed by atoms with Crippen LogP contribution in [-0.4, -0.2) is 23.0 Å². The molecule has 2 nitrogen and oxygen atoms in total. The largest absolute Gasteiger partial charge is 0.361 e. The molecule has 0 radical (unpaired) electrons. The van der Waals surface area contributed by atoms with Gasteiger partial charge in [0.25, 0.3) is 0 Å². The highest BCUT2D eigenvalue weighted by molar-refractivity contribution is 8.14. The predicted molar refractivity (Wildman–Crippen MR) is 59.3 cm³/mol. The fraction of sp³-hybridized carbons (Fsp3) is 0.900. The number of hydrogen-bond donors (Lipinski definition) is 1. The third-order valence-electron chi connectivity index (χ3n) is 2.98. The van der Waals surface area contributed by atoms with Crippen molar-refractivity contribution in [2.75, 3.05) is 5.75 Å². The number of thioether (sulfide) groups is 1. The van der Waals surface area contributed by atoms with Crippen molar-refractivity contribution in [3.8, 4) is 0 Å². The summed E-state index contributed by atoms with van der Waals surface area (Å²) < 4.78 is 0. The van der Waals surface area contributed by atoms with Crippen LogP contribution in [0.2, 0.25) is 0 Å². The van der Waals surface area contributed by atoms with Crippen LogP contribution in [0.25, 0.3) is 0 Å². The molecule has 0 aromatic rings. The summed E-state index contributed by atoms with van der Waals surface area (Å²) in [7, 11) is 0. The highest BCUT2D eigenvalue weighted by Gasteiger charge is 2.46. The maximum atomic E-state index is 4.71. The quantitative estimate of drug-likeness (QED) is 0.736. The summed E-state index contributed by atoms with van der Waals surface area (Å²) in [5.74, 6) is 1.20. The Bertz CT molecular complexity index is 235. The van der Waals surface area contributed by atoms with E-state index in [0.29, 0.717) is 17.5 Å². The summed E-state index contributed by atoms with van der Waals surface area (Å²) in [5, 5.41) is 4.65. The Kier molecular flexibility index (Phi) is 2.30. The predicted octanol–water partition coefficient (Wildman–Crippen LogP) is 2.26. The summed E-state index contributed by atoms with van der Waals surface area (Å²) in [6, 6.07) is 1.24. The van der Waals surface area contributed by atoms with E-state index in [-0.39, 0.29) is 0 Å². The van der Waals surface area contributed by atoms with Crippen LogP contribution >= 0.6 is 11.8 Å². The molecule has 2 fully saturated rings. The van der Waals surface area contributed by atoms with Crippen molar-refractivity contribution in [2.45, 2.75) is 45.7 Å². The minimum absolute atomic E-state index is 0.472. The normalized spacial score (nSPS) is 39.2. The molecular weight excluding hydrogens is 180 g/mol. The first-order valence-electron chi connectivity index (χ1n) is 5.09. The van der Waals surface area contributed by atoms with Crippen LogP contribution in [0.15, 0.2) is 4.99 Å². The van der Waals surface area contributed by atoms with Crippen LogP contribution in [-0.2, 0) is 0 Å². The molecule has 1 aliphatic carbocycles. The van der Waals surface area contributed by atoms with Crippen LogP contribution in [0.3, 0.4) is 0 Å². The average molecular weight is 198 g/mol. The molecule has 2 rings (SSSR count). The van der Waals surface area contributed by atoms with E-state index in [2.05, 4.69) is 26.1 Å². The molecule has 13 heavy (non-hydrogen) atoms. The third kappa shape index (κ3) is 2.01. The van der Waals surface area contributed by atoms with Crippen molar-refractivity contribution in [2.24, 2.45) is 10.4 Å². The van der Waals surface area contributed by atoms with E-state index in [1.165, 1.54) is 23.8 Å². The van der Waals surface area contributed by atoms with Crippen molar-refractivity contribution >= 4 is 16.9 Å². The van der Waals surface area contributed by atoms with E-state index in [1.54, 1.807) is 0 Å². The van der Waals surface area contributed by atoms with Gasteiger partial charge in [-0.05, 0) is 18.3 Å². The summed E-state index contributed by atoms with van der Waals surface area (Å²) >= 11 is 1.88. The fourth-order valence-electron chi connectivity index (χ4n) is 1.53. The number of aliphatic imine (C=N–C) groups is 1. The van der Waals surface area contributed by atoms with E-state index >= 15 is 0 Å². The molecule has 1 heterocycles. The maximum Gasteiger partial charge on any atom is 0.157 e. The second-order valence-corrected chi connectivity index (χ2v) is 5.71. The minimum Gasteiger partial charge on any atom is -0.361 e. The Balaban J connectivity index is 1.89. The first-order valence-corrected chi connectivity index (χ1v) is 6.07. The Labute approximate surface area is 84.6 Å². The van der Waals surface area contributed by atoms with Gasteiger partial charge in [-0.1, -0.05) is 32.5 Å². The second kappa shape index (κ2) is 3.19. The summed E-state index contributed by atoms with van der Waals surface area (Å²) in [6.07, 6.45) is 2.47. The van der Waals surface area contributed by atoms with Gasteiger partial charge in [0.15, 0.2) is 5.17 Å². The zero-order valence-corrected chi connectivity index (χ0v) is 9.45. The number of rotatable bonds is 2. The highest BCUT2D eigenvalue weighted by Crippen LogP contribution is 2.47. The molecule has 0 bridgehead atoms. The van der Waals surface area contributed by atoms with Gasteiger partial charge in [-0.3, -0.25) is 4.99 Å². The zero-order valence-electron chi connectivity index (χ0n) is 8.63. The van der Waals surface area contributed by atoms with Crippen LogP contribution in [0, 0.1) is 5.41 Å². The van der Waals surface area contributed by atoms with Gasteiger partial charge >= 0.3 is 0 Å². The van der Waals surface area contributed by atoms with Gasteiger partial charge in [0.05, 0.1) is 6.04 Å². The Morgan fingerprint density at radius 1 is 1.62 bits per heavy atom. The van der Waals surface area contributed by atoms with Crippen LogP contribution in [0.4, 0.5) is 0 Å². The van der Waals surface area contributed by atoms with Crippen molar-refractivity contribution in [3.63, 3.8) is 0 Å². The lowest BCUT2D eigenvalue weighted by atomic mass is 10.2. The SMILES string of the molecule is CCC1CSC(=NC2CC2(C)C)N1. The third-order valence-corrected chi connectivity index (χ3v) is 4.04. The molecule has 1 aliphatic heterocycles. The lowest BCUT2D eigenvalue weighted by Crippen LogP contribution is -2.26. The number of amidine groups is 1. The Morgan fingerprint density at radius 3 is 2.77 bits per heavy atom. The molecule has 1 N–H and O–H groups in total. The fourth-order valence-corrected chi connectivity index (χ4v) is 2.66. The van der Waals surface area contributed by atoms with Crippen molar-refractivity contribution in [3.05, 3.63) is 0 Å². The van der Waals surface area contributed by atoms with Crippen molar-refractivity contribution in [1.29, 1.82) is 0 Å². The van der Waals surface area contributed by atoms with Crippen molar-refractivity contribution < 1.29 is 0 Å². The molecule has 1 saturated heterocycles. The van der Waals surface area contributed by atoms with Gasteiger partial charge in [0, 0.05) is 11.8 Å². The number of nitrogens with one attached hydrogen (secondary N) is 1. The molecule has 74 valence electrons. The smallest absolute Gasteiger partial charge is 0.157 e. The summed E-state index contributed by atoms with van der Waals surface area (Å²) in [4.78, 5) is 4.71. The Hall–Kier alpha value is -0.180. The van der Waals surface area contributed by atoms with Gasteiger partial charge in [0.1, 0.15) is 0 Å². The molecule has 2 unspecified atom stereocenters. The molecule has 0 aromatic carbocycles. The lowest BCUT2D eigenvalue weighted by molar-refractivity contribution is 0.615. The Morgan fingerprint density at radius 2 is 2.31 bits per heavy atom. The number of nitrogens with zero attached hydrogens (tertiary/aromatic N) is 1. The van der Waals surface area contributed by atoms with Crippen molar-refractivity contribution in [1.82, 2.24) is 5.32 Å². The summed E-state index contributed by atoms with van der Waals surface area (Å²) in [5.41, 5.74) is 0.472. The van der Waals surface area contributed by atoms with E-state index in [9.17, 15) is 0 Å². The first kappa shape index (κ1) is 9.38. The first-order chi connectivity index (χ1) is 6.12. The topological polar surface area (TPSA) is 24.4 Å². The average Bonchev–Trinajstić information content (AvgIpc) is 2.48. The second-order valence-electron chi connectivity index (χ2n) is 4.70. The molecule has 0 spiro atoms. The van der Waals surface area contributed by atoms with E-state index in [0.717, 1.165) is 0 Å². The van der Waals surface area contributed by atoms with Crippen LogP contribution < -0.4 is 5.32 Å². The molecule has 2 atom stereocenters. The molecule has 0 aromatic heterocycles. The standard InChI is InChI=1S/C10H18N2S/c1-4-7-6-13-9(11-7)12-8-5-10(8,2)3/h7-8H,4-6H2,1-3H3,(H,11,12). The molecule has 0 amide bonds. The minimum atomic E-state index is 0.472. The van der Waals surface area contributed by atoms with Gasteiger partial charge < -0.3 is 5.32 Å². The van der Waals surface area contributed by atoms with Gasteiger partial charge in [-0.15, -0.1) is 0 Å². The van der Waals surface area contributed by atoms with Gasteiger partial charge in [-0.25, -0.2) is 0 Å². The molecule has 2 aliphatic rings. The number of hydrogen-bond acceptors (Lipinski definition) is 2. The van der Waals surface area contributed by atoms with Crippen LogP contribution in [0.1, 0.15) is 33.6 Å².